The third-order valence-corrected chi connectivity index (χ3v) is 9.41. The number of hydrogen-bond donors (Lipinski definition) is 1. The van der Waals surface area contributed by atoms with E-state index in [1.54, 1.807) is 24.3 Å². The van der Waals surface area contributed by atoms with Gasteiger partial charge in [-0.25, -0.2) is 0 Å². The van der Waals surface area contributed by atoms with Crippen molar-refractivity contribution in [3.05, 3.63) is 137 Å². The fourth-order valence-corrected chi connectivity index (χ4v) is 7.61. The van der Waals surface area contributed by atoms with Crippen LogP contribution >= 0.6 is 0 Å². The van der Waals surface area contributed by atoms with Crippen LogP contribution in [0, 0.1) is 5.92 Å². The average molecular weight is 597 g/mol. The molecule has 4 atom stereocenters. The van der Waals surface area contributed by atoms with Gasteiger partial charge in [0.2, 0.25) is 5.91 Å². The number of carbonyl (C=O) groups is 3. The normalized spacial score (nSPS) is 22.6. The van der Waals surface area contributed by atoms with Gasteiger partial charge in [-0.2, -0.15) is 0 Å². The number of ketones is 2. The Hall–Kier alpha value is -4.97. The van der Waals surface area contributed by atoms with Gasteiger partial charge in [0, 0.05) is 23.0 Å². The number of carbonyl (C=O) groups excluding carboxylic acids is 3. The Balaban J connectivity index is 1.45. The molecular formula is C39H36N2O4. The monoisotopic (exact) mass is 596 g/mol. The average Bonchev–Trinajstić information content (AvgIpc) is 3.53. The lowest BCUT2D eigenvalue weighted by Crippen LogP contribution is -2.49. The molecule has 1 amide bonds. The quantitative estimate of drug-likeness (QED) is 0.215. The number of aryl methyl sites for hydroxylation is 1. The number of ether oxygens (including phenoxy) is 1. The molecule has 3 aliphatic rings. The van der Waals surface area contributed by atoms with Crippen molar-refractivity contribution in [1.29, 1.82) is 0 Å². The van der Waals surface area contributed by atoms with E-state index in [1.165, 1.54) is 0 Å². The summed E-state index contributed by atoms with van der Waals surface area (Å²) in [5, 5.41) is 3.11. The molecule has 0 radical (unpaired) electrons. The summed E-state index contributed by atoms with van der Waals surface area (Å²) in [5.74, 6) is -1.03. The van der Waals surface area contributed by atoms with Gasteiger partial charge in [0.1, 0.15) is 17.2 Å². The Bertz CT molecular complexity index is 1820. The first kappa shape index (κ1) is 28.8. The van der Waals surface area contributed by atoms with E-state index in [4.69, 9.17) is 4.74 Å². The summed E-state index contributed by atoms with van der Waals surface area (Å²) in [6, 6.07) is 28.8. The summed E-state index contributed by atoms with van der Waals surface area (Å²) in [4.78, 5) is 46.4. The van der Waals surface area contributed by atoms with E-state index in [-0.39, 0.29) is 23.6 Å². The lowest BCUT2D eigenvalue weighted by atomic mass is 9.62. The Morgan fingerprint density at radius 1 is 0.867 bits per heavy atom. The molecule has 1 N–H and O–H groups in total. The molecule has 6 heteroatoms. The fourth-order valence-electron chi connectivity index (χ4n) is 7.61. The molecule has 0 saturated carbocycles. The van der Waals surface area contributed by atoms with E-state index < -0.39 is 23.4 Å². The zero-order chi connectivity index (χ0) is 31.3. The number of nitrogens with one attached hydrogen (secondary N) is 1. The highest BCUT2D eigenvalue weighted by atomic mass is 16.5. The minimum absolute atomic E-state index is 0.00720. The van der Waals surface area contributed by atoms with Gasteiger partial charge in [0.05, 0.1) is 18.1 Å². The Kier molecular flexibility index (Phi) is 7.16. The van der Waals surface area contributed by atoms with E-state index in [9.17, 15) is 9.59 Å². The van der Waals surface area contributed by atoms with E-state index in [0.29, 0.717) is 22.6 Å². The number of Topliss-reactive ketones (excluding diaryl/α,β-unsaturated/α-hetero) is 2. The van der Waals surface area contributed by atoms with Crippen molar-refractivity contribution >= 4 is 29.2 Å². The molecule has 1 fully saturated rings. The second-order valence-electron chi connectivity index (χ2n) is 12.5. The molecule has 6 nitrogen and oxygen atoms in total. The maximum absolute atomic E-state index is 15.0. The molecule has 4 aromatic carbocycles. The van der Waals surface area contributed by atoms with Gasteiger partial charge < -0.3 is 15.0 Å². The molecular weight excluding hydrogens is 560 g/mol. The van der Waals surface area contributed by atoms with Crippen molar-refractivity contribution in [1.82, 2.24) is 4.90 Å². The van der Waals surface area contributed by atoms with Crippen molar-refractivity contribution in [3.63, 3.8) is 0 Å². The van der Waals surface area contributed by atoms with Gasteiger partial charge in [0.25, 0.3) is 0 Å². The number of fused-ring (bicyclic) bond motifs is 6. The highest BCUT2D eigenvalue weighted by Gasteiger charge is 2.70. The first-order valence-electron chi connectivity index (χ1n) is 15.7. The van der Waals surface area contributed by atoms with E-state index in [2.05, 4.69) is 12.2 Å². The molecule has 0 aromatic heterocycles. The van der Waals surface area contributed by atoms with Crippen LogP contribution in [0.25, 0.3) is 6.08 Å². The summed E-state index contributed by atoms with van der Waals surface area (Å²) < 4.78 is 5.83. The van der Waals surface area contributed by atoms with Crippen molar-refractivity contribution in [3.8, 4) is 5.75 Å². The molecule has 0 aliphatic carbocycles. The lowest BCUT2D eigenvalue weighted by molar-refractivity contribution is -0.122. The van der Waals surface area contributed by atoms with Crippen molar-refractivity contribution in [2.75, 3.05) is 5.32 Å². The summed E-state index contributed by atoms with van der Waals surface area (Å²) in [6.07, 6.45) is 5.78. The second kappa shape index (κ2) is 11.2. The largest absolute Gasteiger partial charge is 0.491 e. The Labute approximate surface area is 263 Å². The van der Waals surface area contributed by atoms with Crippen LogP contribution in [0.15, 0.2) is 103 Å². The third-order valence-electron chi connectivity index (χ3n) is 9.41. The second-order valence-corrected chi connectivity index (χ2v) is 12.5. The molecule has 3 heterocycles. The molecule has 4 aromatic rings. The molecule has 0 bridgehead atoms. The molecule has 0 unspecified atom stereocenters. The van der Waals surface area contributed by atoms with E-state index in [1.807, 2.05) is 104 Å². The highest BCUT2D eigenvalue weighted by molar-refractivity contribution is 6.16. The van der Waals surface area contributed by atoms with Gasteiger partial charge >= 0.3 is 0 Å². The smallest absolute Gasteiger partial charge is 0.238 e. The SMILES string of the molecule is CCCc1ccc(C(=O)[C@@H]2[C@H](C(=O)c3ccc(OC(C)C)cc3)N3C=Cc4ccccc4[C@@H]3[C@]23C(=O)Nc2ccccc23)cc1. The van der Waals surface area contributed by atoms with Crippen LogP contribution in [0.2, 0.25) is 0 Å². The Morgan fingerprint density at radius 2 is 1.53 bits per heavy atom. The van der Waals surface area contributed by atoms with Gasteiger partial charge in [0.15, 0.2) is 11.6 Å². The van der Waals surface area contributed by atoms with Crippen LogP contribution in [0.1, 0.15) is 76.2 Å². The van der Waals surface area contributed by atoms with Gasteiger partial charge in [-0.1, -0.05) is 80.1 Å². The van der Waals surface area contributed by atoms with Gasteiger partial charge in [-0.3, -0.25) is 14.4 Å². The maximum atomic E-state index is 15.0. The summed E-state index contributed by atoms with van der Waals surface area (Å²) in [5.41, 5.74) is 4.05. The van der Waals surface area contributed by atoms with Crippen LogP contribution in [0.4, 0.5) is 5.69 Å². The Morgan fingerprint density at radius 3 is 2.27 bits per heavy atom. The summed E-state index contributed by atoms with van der Waals surface area (Å²) in [7, 11) is 0. The van der Waals surface area contributed by atoms with Crippen LogP contribution in [-0.4, -0.2) is 34.5 Å². The topological polar surface area (TPSA) is 75.7 Å². The molecule has 1 spiro atoms. The van der Waals surface area contributed by atoms with E-state index >= 15 is 4.79 Å². The molecule has 3 aliphatic heterocycles. The van der Waals surface area contributed by atoms with Gasteiger partial charge in [-0.05, 0) is 78.9 Å². The highest BCUT2D eigenvalue weighted by Crippen LogP contribution is 2.62. The number of para-hydroxylation sites is 1. The number of amides is 1. The first-order valence-corrected chi connectivity index (χ1v) is 15.7. The number of benzene rings is 4. The van der Waals surface area contributed by atoms with Crippen LogP contribution in [0.5, 0.6) is 5.75 Å². The van der Waals surface area contributed by atoms with E-state index in [0.717, 1.165) is 35.1 Å². The molecule has 226 valence electrons. The summed E-state index contributed by atoms with van der Waals surface area (Å²) >= 11 is 0. The number of nitrogens with zero attached hydrogens (tertiary/aromatic N) is 1. The van der Waals surface area contributed by atoms with Crippen molar-refractivity contribution < 1.29 is 19.1 Å². The summed E-state index contributed by atoms with van der Waals surface area (Å²) in [6.45, 7) is 6.02. The first-order chi connectivity index (χ1) is 21.8. The van der Waals surface area contributed by atoms with Crippen LogP contribution < -0.4 is 10.1 Å². The fraction of sp³-hybridized carbons (Fsp3) is 0.256. The molecule has 7 rings (SSSR count). The lowest BCUT2D eigenvalue weighted by Gasteiger charge is -2.38. The number of anilines is 1. The third kappa shape index (κ3) is 4.50. The molecule has 1 saturated heterocycles. The zero-order valence-corrected chi connectivity index (χ0v) is 25.7. The predicted molar refractivity (Wildman–Crippen MR) is 175 cm³/mol. The molecule has 45 heavy (non-hydrogen) atoms. The van der Waals surface area contributed by atoms with Crippen LogP contribution in [-0.2, 0) is 16.6 Å². The van der Waals surface area contributed by atoms with Crippen molar-refractivity contribution in [2.24, 2.45) is 5.92 Å². The minimum atomic E-state index is -1.35. The maximum Gasteiger partial charge on any atom is 0.238 e. The van der Waals surface area contributed by atoms with Crippen LogP contribution in [0.3, 0.4) is 0 Å². The number of rotatable bonds is 8. The van der Waals surface area contributed by atoms with Gasteiger partial charge in [-0.15, -0.1) is 0 Å². The predicted octanol–water partition coefficient (Wildman–Crippen LogP) is 7.41. The zero-order valence-electron chi connectivity index (χ0n) is 25.7. The minimum Gasteiger partial charge on any atom is -0.491 e. The standard InChI is InChI=1S/C39H36N2O4/c1-4-9-25-14-16-27(17-15-25)35(42)33-34(36(43)28-18-20-29(21-19-28)45-24(2)3)41-23-22-26-10-5-6-11-30(26)37(41)39(33)31-12-7-8-13-32(31)40-38(39)44/h5-8,10-24,33-34,37H,4,9H2,1-3H3,(H,40,44)/t33-,34+,37+,39+/m0/s1. The van der Waals surface area contributed by atoms with Crippen molar-refractivity contribution in [2.45, 2.75) is 57.2 Å². The number of hydrogen-bond acceptors (Lipinski definition) is 5.